The van der Waals surface area contributed by atoms with E-state index in [1.54, 1.807) is 13.8 Å². The van der Waals surface area contributed by atoms with Crippen LogP contribution in [0.5, 0.6) is 0 Å². The van der Waals surface area contributed by atoms with Gasteiger partial charge in [0.15, 0.2) is 0 Å². The van der Waals surface area contributed by atoms with Crippen LogP contribution in [-0.2, 0) is 9.47 Å². The zero-order valence-electron chi connectivity index (χ0n) is 11.0. The van der Waals surface area contributed by atoms with E-state index in [4.69, 9.17) is 9.47 Å². The van der Waals surface area contributed by atoms with Crippen molar-refractivity contribution in [3.8, 4) is 0 Å². The number of hydrogen-bond donors (Lipinski definition) is 1. The molecule has 0 atom stereocenters. The van der Waals surface area contributed by atoms with Crippen LogP contribution in [-0.4, -0.2) is 36.1 Å². The molecule has 0 bridgehead atoms. The Bertz CT molecular complexity index is 168. The van der Waals surface area contributed by atoms with Crippen molar-refractivity contribution in [1.82, 2.24) is 0 Å². The van der Waals surface area contributed by atoms with Crippen molar-refractivity contribution in [2.75, 3.05) is 19.8 Å². The zero-order chi connectivity index (χ0) is 12.1. The van der Waals surface area contributed by atoms with Crippen LogP contribution < -0.4 is 0 Å². The third-order valence-corrected chi connectivity index (χ3v) is 1.72. The van der Waals surface area contributed by atoms with E-state index in [1.807, 2.05) is 13.8 Å². The van der Waals surface area contributed by atoms with Crippen LogP contribution in [0.2, 0.25) is 0 Å². The number of hydrogen-bond acceptors (Lipinski definition) is 3. The Morgan fingerprint density at radius 1 is 1.07 bits per heavy atom. The Kier molecular flexibility index (Phi) is 5.78. The maximum atomic E-state index is 9.53. The molecule has 0 aromatic carbocycles. The van der Waals surface area contributed by atoms with Gasteiger partial charge < -0.3 is 14.6 Å². The standard InChI is InChI=1S/C12H26O3/c1-10(2)7-14-9-12(5,6)15-8-11(3,4)13/h10,13H,7-9H2,1-6H3. The van der Waals surface area contributed by atoms with Gasteiger partial charge in [0.2, 0.25) is 0 Å². The molecule has 0 aliphatic carbocycles. The fourth-order valence-electron chi connectivity index (χ4n) is 0.954. The van der Waals surface area contributed by atoms with E-state index in [-0.39, 0.29) is 5.60 Å². The van der Waals surface area contributed by atoms with Crippen LogP contribution in [0, 0.1) is 5.92 Å². The van der Waals surface area contributed by atoms with Gasteiger partial charge in [-0.1, -0.05) is 13.8 Å². The molecule has 0 heterocycles. The quantitative estimate of drug-likeness (QED) is 0.712. The lowest BCUT2D eigenvalue weighted by molar-refractivity contribution is -0.122. The molecule has 0 saturated heterocycles. The molecular formula is C12H26O3. The fraction of sp³-hybridized carbons (Fsp3) is 1.00. The van der Waals surface area contributed by atoms with E-state index in [1.165, 1.54) is 0 Å². The van der Waals surface area contributed by atoms with E-state index < -0.39 is 5.60 Å². The molecule has 0 aliphatic heterocycles. The monoisotopic (exact) mass is 218 g/mol. The van der Waals surface area contributed by atoms with Gasteiger partial charge in [0.25, 0.3) is 0 Å². The van der Waals surface area contributed by atoms with Crippen LogP contribution in [0.4, 0.5) is 0 Å². The highest BCUT2D eigenvalue weighted by Gasteiger charge is 2.23. The molecule has 0 aliphatic rings. The first-order valence-electron chi connectivity index (χ1n) is 5.56. The van der Waals surface area contributed by atoms with Gasteiger partial charge in [0.1, 0.15) is 0 Å². The number of aliphatic hydroxyl groups is 1. The van der Waals surface area contributed by atoms with E-state index in [9.17, 15) is 5.11 Å². The van der Waals surface area contributed by atoms with Gasteiger partial charge in [-0.15, -0.1) is 0 Å². The molecule has 0 rings (SSSR count). The second-order valence-electron chi connectivity index (χ2n) is 5.77. The van der Waals surface area contributed by atoms with Crippen molar-refractivity contribution in [3.63, 3.8) is 0 Å². The summed E-state index contributed by atoms with van der Waals surface area (Å²) >= 11 is 0. The fourth-order valence-corrected chi connectivity index (χ4v) is 0.954. The van der Waals surface area contributed by atoms with Crippen LogP contribution in [0.15, 0.2) is 0 Å². The van der Waals surface area contributed by atoms with Gasteiger partial charge >= 0.3 is 0 Å². The van der Waals surface area contributed by atoms with Crippen molar-refractivity contribution in [3.05, 3.63) is 0 Å². The molecule has 3 heteroatoms. The molecule has 0 spiro atoms. The minimum Gasteiger partial charge on any atom is -0.388 e. The minimum absolute atomic E-state index is 0.324. The Labute approximate surface area is 93.8 Å². The third-order valence-electron chi connectivity index (χ3n) is 1.72. The van der Waals surface area contributed by atoms with Crippen molar-refractivity contribution in [1.29, 1.82) is 0 Å². The summed E-state index contributed by atoms with van der Waals surface area (Å²) in [4.78, 5) is 0. The molecule has 0 fully saturated rings. The number of rotatable bonds is 7. The Balaban J connectivity index is 3.77. The highest BCUT2D eigenvalue weighted by molar-refractivity contribution is 4.72. The Morgan fingerprint density at radius 2 is 1.60 bits per heavy atom. The predicted molar refractivity (Wildman–Crippen MR) is 62.0 cm³/mol. The maximum Gasteiger partial charge on any atom is 0.0860 e. The average molecular weight is 218 g/mol. The van der Waals surface area contributed by atoms with Gasteiger partial charge in [0.05, 0.1) is 24.4 Å². The molecule has 0 radical (unpaired) electrons. The minimum atomic E-state index is -0.782. The SMILES string of the molecule is CC(C)COCC(C)(C)OCC(C)(C)O. The molecular weight excluding hydrogens is 192 g/mol. The summed E-state index contributed by atoms with van der Waals surface area (Å²) in [5.74, 6) is 0.537. The summed E-state index contributed by atoms with van der Waals surface area (Å²) in [7, 11) is 0. The Morgan fingerprint density at radius 3 is 2.00 bits per heavy atom. The largest absolute Gasteiger partial charge is 0.388 e. The normalized spacial score (nSPS) is 13.6. The third kappa shape index (κ3) is 10.2. The highest BCUT2D eigenvalue weighted by atomic mass is 16.5. The van der Waals surface area contributed by atoms with Crippen LogP contribution in [0.1, 0.15) is 41.5 Å². The van der Waals surface area contributed by atoms with Crippen molar-refractivity contribution < 1.29 is 14.6 Å². The van der Waals surface area contributed by atoms with E-state index >= 15 is 0 Å². The lowest BCUT2D eigenvalue weighted by Crippen LogP contribution is -2.37. The highest BCUT2D eigenvalue weighted by Crippen LogP contribution is 2.14. The lowest BCUT2D eigenvalue weighted by Gasteiger charge is -2.29. The first kappa shape index (κ1) is 14.9. The van der Waals surface area contributed by atoms with Crippen molar-refractivity contribution in [2.24, 2.45) is 5.92 Å². The summed E-state index contributed by atoms with van der Waals surface area (Å²) < 4.78 is 11.1. The van der Waals surface area contributed by atoms with Gasteiger partial charge in [-0.3, -0.25) is 0 Å². The summed E-state index contributed by atoms with van der Waals surface area (Å²) in [6, 6.07) is 0. The molecule has 0 amide bonds. The van der Waals surface area contributed by atoms with Crippen molar-refractivity contribution in [2.45, 2.75) is 52.7 Å². The van der Waals surface area contributed by atoms with Crippen LogP contribution in [0.25, 0.3) is 0 Å². The number of ether oxygens (including phenoxy) is 2. The first-order chi connectivity index (χ1) is 6.62. The summed E-state index contributed by atoms with van der Waals surface area (Å²) in [5.41, 5.74) is -1.12. The maximum absolute atomic E-state index is 9.53. The van der Waals surface area contributed by atoms with E-state index in [0.29, 0.717) is 19.1 Å². The topological polar surface area (TPSA) is 38.7 Å². The van der Waals surface area contributed by atoms with Crippen molar-refractivity contribution >= 4 is 0 Å². The Hall–Kier alpha value is -0.120. The molecule has 92 valence electrons. The smallest absolute Gasteiger partial charge is 0.0860 e. The molecule has 3 nitrogen and oxygen atoms in total. The molecule has 0 unspecified atom stereocenters. The zero-order valence-corrected chi connectivity index (χ0v) is 11.0. The molecule has 0 aromatic rings. The van der Waals surface area contributed by atoms with E-state index in [0.717, 1.165) is 6.61 Å². The summed E-state index contributed by atoms with van der Waals surface area (Å²) in [5, 5.41) is 9.53. The summed E-state index contributed by atoms with van der Waals surface area (Å²) in [6.45, 7) is 13.3. The second-order valence-corrected chi connectivity index (χ2v) is 5.77. The average Bonchev–Trinajstić information content (AvgIpc) is 1.99. The van der Waals surface area contributed by atoms with Crippen LogP contribution >= 0.6 is 0 Å². The van der Waals surface area contributed by atoms with E-state index in [2.05, 4.69) is 13.8 Å². The van der Waals surface area contributed by atoms with Gasteiger partial charge in [-0.25, -0.2) is 0 Å². The molecule has 0 saturated carbocycles. The van der Waals surface area contributed by atoms with Gasteiger partial charge in [-0.2, -0.15) is 0 Å². The summed E-state index contributed by atoms with van der Waals surface area (Å²) in [6.07, 6.45) is 0. The predicted octanol–water partition coefficient (Wildman–Crippen LogP) is 2.23. The lowest BCUT2D eigenvalue weighted by atomic mass is 10.1. The second kappa shape index (κ2) is 5.83. The first-order valence-corrected chi connectivity index (χ1v) is 5.56. The van der Waals surface area contributed by atoms with Gasteiger partial charge in [0, 0.05) is 6.61 Å². The molecule has 1 N–H and O–H groups in total. The molecule has 0 aromatic heterocycles. The molecule has 15 heavy (non-hydrogen) atoms. The van der Waals surface area contributed by atoms with Crippen LogP contribution in [0.3, 0.4) is 0 Å². The van der Waals surface area contributed by atoms with Gasteiger partial charge in [-0.05, 0) is 33.6 Å².